The highest BCUT2D eigenvalue weighted by molar-refractivity contribution is 5.97. The van der Waals surface area contributed by atoms with E-state index in [1.807, 2.05) is 61.5 Å². The summed E-state index contributed by atoms with van der Waals surface area (Å²) in [6.07, 6.45) is 0.412. The molecule has 0 aliphatic carbocycles. The minimum Gasteiger partial charge on any atom is -0.294 e. The van der Waals surface area contributed by atoms with Crippen LogP contribution in [0.1, 0.15) is 21.6 Å². The van der Waals surface area contributed by atoms with E-state index >= 15 is 0 Å². The summed E-state index contributed by atoms with van der Waals surface area (Å²) in [5.41, 5.74) is 3.70. The van der Waals surface area contributed by atoms with E-state index in [0.29, 0.717) is 6.42 Å². The predicted octanol–water partition coefficient (Wildman–Crippen LogP) is 3.97. The average molecular weight is 261 g/mol. The van der Waals surface area contributed by atoms with Gasteiger partial charge in [0, 0.05) is 23.1 Å². The monoisotopic (exact) mass is 261 g/mol. The van der Waals surface area contributed by atoms with Gasteiger partial charge in [0.15, 0.2) is 5.78 Å². The van der Waals surface area contributed by atoms with E-state index in [1.54, 1.807) is 0 Å². The van der Waals surface area contributed by atoms with Gasteiger partial charge in [0.1, 0.15) is 0 Å². The smallest absolute Gasteiger partial charge is 0.167 e. The molecule has 0 N–H and O–H groups in total. The summed E-state index contributed by atoms with van der Waals surface area (Å²) in [5, 5.41) is 1.10. The Hall–Kier alpha value is -2.48. The molecule has 0 aliphatic rings. The number of hydrogen-bond acceptors (Lipinski definition) is 2. The van der Waals surface area contributed by atoms with Gasteiger partial charge in [-0.15, -0.1) is 0 Å². The molecule has 20 heavy (non-hydrogen) atoms. The Bertz CT molecular complexity index is 763. The lowest BCUT2D eigenvalue weighted by Gasteiger charge is -2.04. The number of aryl methyl sites for hydroxylation is 1. The van der Waals surface area contributed by atoms with Crippen LogP contribution >= 0.6 is 0 Å². The standard InChI is InChI=1S/C18H15NO/c1-13-7-9-15-10-8-14(11-17(15)19-13)12-18(20)16-5-3-2-4-6-16/h2-11H,12H2,1H3. The van der Waals surface area contributed by atoms with Crippen LogP contribution in [0, 0.1) is 6.92 Å². The van der Waals surface area contributed by atoms with Crippen molar-refractivity contribution in [1.29, 1.82) is 0 Å². The Balaban J connectivity index is 1.89. The normalized spacial score (nSPS) is 10.7. The second-order valence-corrected chi connectivity index (χ2v) is 4.95. The van der Waals surface area contributed by atoms with Crippen molar-refractivity contribution in [2.75, 3.05) is 0 Å². The fourth-order valence-electron chi connectivity index (χ4n) is 2.29. The number of Topliss-reactive ketones (excluding diaryl/α,β-unsaturated/α-hetero) is 1. The predicted molar refractivity (Wildman–Crippen MR) is 81.0 cm³/mol. The van der Waals surface area contributed by atoms with Gasteiger partial charge in [-0.1, -0.05) is 48.5 Å². The first kappa shape index (κ1) is 12.5. The van der Waals surface area contributed by atoms with Gasteiger partial charge in [-0.3, -0.25) is 9.78 Å². The molecule has 1 heterocycles. The number of nitrogens with zero attached hydrogens (tertiary/aromatic N) is 1. The van der Waals surface area contributed by atoms with E-state index < -0.39 is 0 Å². The molecule has 0 amide bonds. The molecule has 0 bridgehead atoms. The molecule has 0 aliphatic heterocycles. The molecular formula is C18H15NO. The second-order valence-electron chi connectivity index (χ2n) is 4.95. The number of benzene rings is 2. The number of carbonyl (C=O) groups excluding carboxylic acids is 1. The maximum Gasteiger partial charge on any atom is 0.167 e. The first-order valence-corrected chi connectivity index (χ1v) is 6.67. The van der Waals surface area contributed by atoms with Gasteiger partial charge in [0.2, 0.25) is 0 Å². The van der Waals surface area contributed by atoms with Crippen molar-refractivity contribution in [2.24, 2.45) is 0 Å². The van der Waals surface area contributed by atoms with Crippen LogP contribution in [0.5, 0.6) is 0 Å². The summed E-state index contributed by atoms with van der Waals surface area (Å²) in [6, 6.07) is 19.5. The van der Waals surface area contributed by atoms with Crippen molar-refractivity contribution in [2.45, 2.75) is 13.3 Å². The summed E-state index contributed by atoms with van der Waals surface area (Å²) in [4.78, 5) is 16.7. The Morgan fingerprint density at radius 2 is 1.75 bits per heavy atom. The number of pyridine rings is 1. The van der Waals surface area contributed by atoms with Crippen molar-refractivity contribution in [3.8, 4) is 0 Å². The van der Waals surface area contributed by atoms with Crippen molar-refractivity contribution >= 4 is 16.7 Å². The SMILES string of the molecule is Cc1ccc2ccc(CC(=O)c3ccccc3)cc2n1. The molecule has 98 valence electrons. The highest BCUT2D eigenvalue weighted by Gasteiger charge is 2.07. The van der Waals surface area contributed by atoms with Crippen LogP contribution in [-0.4, -0.2) is 10.8 Å². The van der Waals surface area contributed by atoms with E-state index in [1.165, 1.54) is 0 Å². The third-order valence-electron chi connectivity index (χ3n) is 3.36. The molecule has 3 rings (SSSR count). The Labute approximate surface area is 118 Å². The van der Waals surface area contributed by atoms with Gasteiger partial charge in [0.05, 0.1) is 5.52 Å². The molecule has 0 atom stereocenters. The number of ketones is 1. The molecule has 2 nitrogen and oxygen atoms in total. The van der Waals surface area contributed by atoms with Crippen molar-refractivity contribution in [1.82, 2.24) is 4.98 Å². The van der Waals surface area contributed by atoms with Crippen LogP contribution in [0.4, 0.5) is 0 Å². The molecule has 3 aromatic rings. The van der Waals surface area contributed by atoms with Crippen LogP contribution in [-0.2, 0) is 6.42 Å². The van der Waals surface area contributed by atoms with E-state index in [-0.39, 0.29) is 5.78 Å². The molecule has 2 aromatic carbocycles. The van der Waals surface area contributed by atoms with Crippen molar-refractivity contribution in [3.63, 3.8) is 0 Å². The number of aromatic nitrogens is 1. The topological polar surface area (TPSA) is 30.0 Å². The second kappa shape index (κ2) is 5.25. The molecule has 0 spiro atoms. The first-order chi connectivity index (χ1) is 9.72. The Morgan fingerprint density at radius 3 is 2.55 bits per heavy atom. The maximum atomic E-state index is 12.2. The lowest BCUT2D eigenvalue weighted by molar-refractivity contribution is 0.0993. The minimum absolute atomic E-state index is 0.137. The summed E-state index contributed by atoms with van der Waals surface area (Å²) >= 11 is 0. The van der Waals surface area contributed by atoms with Gasteiger partial charge in [0.25, 0.3) is 0 Å². The quantitative estimate of drug-likeness (QED) is 0.668. The Morgan fingerprint density at radius 1 is 1.00 bits per heavy atom. The highest BCUT2D eigenvalue weighted by atomic mass is 16.1. The van der Waals surface area contributed by atoms with Gasteiger partial charge < -0.3 is 0 Å². The molecular weight excluding hydrogens is 246 g/mol. The average Bonchev–Trinajstić information content (AvgIpc) is 2.47. The van der Waals surface area contributed by atoms with Gasteiger partial charge in [-0.2, -0.15) is 0 Å². The fourth-order valence-corrected chi connectivity index (χ4v) is 2.29. The largest absolute Gasteiger partial charge is 0.294 e. The van der Waals surface area contributed by atoms with Gasteiger partial charge >= 0.3 is 0 Å². The van der Waals surface area contributed by atoms with Crippen LogP contribution < -0.4 is 0 Å². The zero-order valence-corrected chi connectivity index (χ0v) is 11.3. The van der Waals surface area contributed by atoms with Crippen LogP contribution in [0.2, 0.25) is 0 Å². The van der Waals surface area contributed by atoms with Crippen molar-refractivity contribution < 1.29 is 4.79 Å². The number of hydrogen-bond donors (Lipinski definition) is 0. The zero-order chi connectivity index (χ0) is 13.9. The van der Waals surface area contributed by atoms with Gasteiger partial charge in [-0.25, -0.2) is 0 Å². The first-order valence-electron chi connectivity index (χ1n) is 6.67. The van der Waals surface area contributed by atoms with E-state index in [9.17, 15) is 4.79 Å². The summed E-state index contributed by atoms with van der Waals surface area (Å²) < 4.78 is 0. The lowest BCUT2D eigenvalue weighted by Crippen LogP contribution is -2.03. The summed E-state index contributed by atoms with van der Waals surface area (Å²) in [5.74, 6) is 0.137. The molecule has 0 saturated carbocycles. The lowest BCUT2D eigenvalue weighted by atomic mass is 10.0. The van der Waals surface area contributed by atoms with Crippen molar-refractivity contribution in [3.05, 3.63) is 77.5 Å². The van der Waals surface area contributed by atoms with Gasteiger partial charge in [-0.05, 0) is 24.6 Å². The number of rotatable bonds is 3. The molecule has 0 saturated heterocycles. The molecule has 0 unspecified atom stereocenters. The van der Waals surface area contributed by atoms with E-state index in [2.05, 4.69) is 11.1 Å². The third-order valence-corrected chi connectivity index (χ3v) is 3.36. The van der Waals surface area contributed by atoms with Crippen LogP contribution in [0.15, 0.2) is 60.7 Å². The molecule has 0 fully saturated rings. The van der Waals surface area contributed by atoms with E-state index in [4.69, 9.17) is 0 Å². The number of fused-ring (bicyclic) bond motifs is 1. The minimum atomic E-state index is 0.137. The third kappa shape index (κ3) is 2.59. The maximum absolute atomic E-state index is 12.2. The Kier molecular flexibility index (Phi) is 3.30. The molecule has 0 radical (unpaired) electrons. The molecule has 2 heteroatoms. The van der Waals surface area contributed by atoms with Crippen LogP contribution in [0.3, 0.4) is 0 Å². The number of carbonyl (C=O) groups is 1. The fraction of sp³-hybridized carbons (Fsp3) is 0.111. The zero-order valence-electron chi connectivity index (χ0n) is 11.3. The summed E-state index contributed by atoms with van der Waals surface area (Å²) in [6.45, 7) is 1.97. The van der Waals surface area contributed by atoms with Crippen LogP contribution in [0.25, 0.3) is 10.9 Å². The molecule has 1 aromatic heterocycles. The van der Waals surface area contributed by atoms with E-state index in [0.717, 1.165) is 27.7 Å². The highest BCUT2D eigenvalue weighted by Crippen LogP contribution is 2.16. The summed E-state index contributed by atoms with van der Waals surface area (Å²) in [7, 11) is 0.